The highest BCUT2D eigenvalue weighted by molar-refractivity contribution is 4.98. The molecule has 1 aromatic heterocycles. The molecule has 0 aromatic carbocycles. The maximum atomic E-state index is 5.90. The number of rotatable bonds is 7. The summed E-state index contributed by atoms with van der Waals surface area (Å²) in [4.78, 5) is 6.35. The molecule has 0 bridgehead atoms. The van der Waals surface area contributed by atoms with Crippen LogP contribution >= 0.6 is 0 Å². The predicted molar refractivity (Wildman–Crippen MR) is 68.9 cm³/mol. The van der Waals surface area contributed by atoms with Gasteiger partial charge in [-0.25, -0.2) is 0 Å². The van der Waals surface area contributed by atoms with Gasteiger partial charge in [0.05, 0.1) is 24.8 Å². The highest BCUT2D eigenvalue weighted by atomic mass is 16.5. The van der Waals surface area contributed by atoms with Crippen LogP contribution in [-0.4, -0.2) is 41.3 Å². The van der Waals surface area contributed by atoms with Crippen LogP contribution in [0, 0.1) is 0 Å². The first-order valence-electron chi connectivity index (χ1n) is 6.21. The zero-order valence-corrected chi connectivity index (χ0v) is 11.9. The van der Waals surface area contributed by atoms with Crippen molar-refractivity contribution < 1.29 is 9.26 Å². The van der Waals surface area contributed by atoms with Crippen LogP contribution in [-0.2, 0) is 16.8 Å². The third kappa shape index (κ3) is 5.12. The smallest absolute Gasteiger partial charge is 0.240 e. The van der Waals surface area contributed by atoms with Gasteiger partial charge in [-0.3, -0.25) is 4.90 Å². The van der Waals surface area contributed by atoms with E-state index in [1.807, 2.05) is 34.7 Å². The van der Waals surface area contributed by atoms with E-state index in [0.29, 0.717) is 24.9 Å². The zero-order chi connectivity index (χ0) is 13.8. The molecule has 0 saturated heterocycles. The molecule has 0 aliphatic rings. The summed E-state index contributed by atoms with van der Waals surface area (Å²) < 4.78 is 10.6. The van der Waals surface area contributed by atoms with Crippen molar-refractivity contribution in [3.05, 3.63) is 11.7 Å². The number of nitrogens with two attached hydrogens (primary N) is 1. The minimum Gasteiger partial charge on any atom is -0.377 e. The summed E-state index contributed by atoms with van der Waals surface area (Å²) in [6, 6.07) is 0. The topological polar surface area (TPSA) is 77.4 Å². The van der Waals surface area contributed by atoms with Crippen molar-refractivity contribution in [3.8, 4) is 0 Å². The molecule has 0 aliphatic heterocycles. The van der Waals surface area contributed by atoms with Crippen LogP contribution in [0.2, 0.25) is 0 Å². The second kappa shape index (κ2) is 6.26. The van der Waals surface area contributed by atoms with Gasteiger partial charge in [0.2, 0.25) is 5.89 Å². The van der Waals surface area contributed by atoms with Gasteiger partial charge in [0.1, 0.15) is 0 Å². The molecule has 0 atom stereocenters. The first-order chi connectivity index (χ1) is 8.29. The van der Waals surface area contributed by atoms with Gasteiger partial charge in [-0.1, -0.05) is 5.16 Å². The van der Waals surface area contributed by atoms with E-state index in [1.165, 1.54) is 0 Å². The maximum absolute atomic E-state index is 5.90. The van der Waals surface area contributed by atoms with Crippen molar-refractivity contribution in [1.29, 1.82) is 0 Å². The number of likely N-dealkylation sites (N-methyl/N-ethyl adjacent to an activating group) is 1. The third-order valence-electron chi connectivity index (χ3n) is 2.37. The standard InChI is InChI=1S/C12H24N4O2/c1-9(2)17-7-6-16(5)8-10-14-11(15-18-10)12(3,4)13/h9H,6-8,13H2,1-5H3. The molecule has 18 heavy (non-hydrogen) atoms. The molecule has 1 rings (SSSR count). The van der Waals surface area contributed by atoms with Crippen molar-refractivity contribution in [1.82, 2.24) is 15.0 Å². The highest BCUT2D eigenvalue weighted by Crippen LogP contribution is 2.13. The normalized spacial score (nSPS) is 12.7. The summed E-state index contributed by atoms with van der Waals surface area (Å²) >= 11 is 0. The van der Waals surface area contributed by atoms with Gasteiger partial charge in [0, 0.05) is 6.54 Å². The summed E-state index contributed by atoms with van der Waals surface area (Å²) in [5, 5.41) is 3.88. The quantitative estimate of drug-likeness (QED) is 0.787. The van der Waals surface area contributed by atoms with E-state index in [1.54, 1.807) is 0 Å². The lowest BCUT2D eigenvalue weighted by Gasteiger charge is -2.15. The van der Waals surface area contributed by atoms with E-state index in [0.717, 1.165) is 6.54 Å². The van der Waals surface area contributed by atoms with Crippen molar-refractivity contribution in [2.75, 3.05) is 20.2 Å². The van der Waals surface area contributed by atoms with Crippen LogP contribution in [0.15, 0.2) is 4.52 Å². The van der Waals surface area contributed by atoms with Gasteiger partial charge in [-0.15, -0.1) is 0 Å². The number of hydrogen-bond donors (Lipinski definition) is 1. The lowest BCUT2D eigenvalue weighted by atomic mass is 10.1. The summed E-state index contributed by atoms with van der Waals surface area (Å²) in [5.74, 6) is 1.11. The van der Waals surface area contributed by atoms with Crippen LogP contribution in [0.3, 0.4) is 0 Å². The zero-order valence-electron chi connectivity index (χ0n) is 11.9. The molecule has 104 valence electrons. The van der Waals surface area contributed by atoms with Gasteiger partial charge in [0.25, 0.3) is 0 Å². The highest BCUT2D eigenvalue weighted by Gasteiger charge is 2.21. The second-order valence-electron chi connectivity index (χ2n) is 5.39. The Kier molecular flexibility index (Phi) is 5.25. The molecule has 6 nitrogen and oxygen atoms in total. The van der Waals surface area contributed by atoms with Crippen LogP contribution in [0.25, 0.3) is 0 Å². The Hall–Kier alpha value is -0.980. The Balaban J connectivity index is 2.40. The van der Waals surface area contributed by atoms with Gasteiger partial charge in [-0.2, -0.15) is 4.98 Å². The Bertz CT molecular complexity index is 357. The molecule has 0 spiro atoms. The average Bonchev–Trinajstić information content (AvgIpc) is 2.64. The predicted octanol–water partition coefficient (Wildman–Crippen LogP) is 1.12. The molecule has 0 amide bonds. The Labute approximate surface area is 108 Å². The number of hydrogen-bond acceptors (Lipinski definition) is 6. The van der Waals surface area contributed by atoms with Crippen molar-refractivity contribution in [2.24, 2.45) is 5.73 Å². The lowest BCUT2D eigenvalue weighted by molar-refractivity contribution is 0.0610. The van der Waals surface area contributed by atoms with Crippen molar-refractivity contribution >= 4 is 0 Å². The van der Waals surface area contributed by atoms with Gasteiger partial charge in [-0.05, 0) is 34.7 Å². The van der Waals surface area contributed by atoms with Crippen LogP contribution in [0.5, 0.6) is 0 Å². The van der Waals surface area contributed by atoms with Crippen LogP contribution in [0.1, 0.15) is 39.4 Å². The molecule has 2 N–H and O–H groups in total. The van der Waals surface area contributed by atoms with Crippen molar-refractivity contribution in [2.45, 2.75) is 45.9 Å². The van der Waals surface area contributed by atoms with Gasteiger partial charge < -0.3 is 15.0 Å². The molecule has 1 aromatic rings. The molecule has 0 radical (unpaired) electrons. The summed E-state index contributed by atoms with van der Waals surface area (Å²) in [5.41, 5.74) is 5.33. The molecule has 0 fully saturated rings. The van der Waals surface area contributed by atoms with Crippen LogP contribution < -0.4 is 5.73 Å². The molecule has 0 saturated carbocycles. The first kappa shape index (κ1) is 15.1. The van der Waals surface area contributed by atoms with E-state index in [9.17, 15) is 0 Å². The third-order valence-corrected chi connectivity index (χ3v) is 2.37. The molecule has 1 heterocycles. The minimum atomic E-state index is -0.568. The molecule has 6 heteroatoms. The Morgan fingerprint density at radius 1 is 1.44 bits per heavy atom. The summed E-state index contributed by atoms with van der Waals surface area (Å²) in [6.45, 7) is 9.86. The number of ether oxygens (including phenoxy) is 1. The first-order valence-corrected chi connectivity index (χ1v) is 6.21. The van der Waals surface area contributed by atoms with E-state index in [4.69, 9.17) is 15.0 Å². The lowest BCUT2D eigenvalue weighted by Crippen LogP contribution is -2.30. The second-order valence-corrected chi connectivity index (χ2v) is 5.39. The monoisotopic (exact) mass is 256 g/mol. The van der Waals surface area contributed by atoms with E-state index < -0.39 is 5.54 Å². The van der Waals surface area contributed by atoms with E-state index in [2.05, 4.69) is 15.0 Å². The largest absolute Gasteiger partial charge is 0.377 e. The molecule has 0 unspecified atom stereocenters. The fraction of sp³-hybridized carbons (Fsp3) is 0.833. The molecule has 0 aliphatic carbocycles. The SMILES string of the molecule is CC(C)OCCN(C)Cc1nc(C(C)(C)N)no1. The Morgan fingerprint density at radius 2 is 2.11 bits per heavy atom. The average molecular weight is 256 g/mol. The number of nitrogens with zero attached hydrogens (tertiary/aromatic N) is 3. The summed E-state index contributed by atoms with van der Waals surface area (Å²) in [6.07, 6.45) is 0.256. The van der Waals surface area contributed by atoms with Gasteiger partial charge >= 0.3 is 0 Å². The van der Waals surface area contributed by atoms with E-state index in [-0.39, 0.29) is 6.10 Å². The molecular weight excluding hydrogens is 232 g/mol. The van der Waals surface area contributed by atoms with E-state index >= 15 is 0 Å². The van der Waals surface area contributed by atoms with Crippen molar-refractivity contribution in [3.63, 3.8) is 0 Å². The fourth-order valence-corrected chi connectivity index (χ4v) is 1.34. The maximum Gasteiger partial charge on any atom is 0.240 e. The number of aromatic nitrogens is 2. The minimum absolute atomic E-state index is 0.256. The molecular formula is C12H24N4O2. The summed E-state index contributed by atoms with van der Waals surface area (Å²) in [7, 11) is 1.99. The van der Waals surface area contributed by atoms with Crippen LogP contribution in [0.4, 0.5) is 0 Å². The van der Waals surface area contributed by atoms with Gasteiger partial charge in [0.15, 0.2) is 5.82 Å². The fourth-order valence-electron chi connectivity index (χ4n) is 1.34. The Morgan fingerprint density at radius 3 is 2.61 bits per heavy atom.